The first-order valence-corrected chi connectivity index (χ1v) is 32.2. The molecule has 56 nitrogen and oxygen atoms in total. The van der Waals surface area contributed by atoms with Crippen LogP contribution in [0, 0.1) is 0 Å². The zero-order valence-electron chi connectivity index (χ0n) is 40.8. The van der Waals surface area contributed by atoms with Crippen molar-refractivity contribution in [3.63, 3.8) is 0 Å². The van der Waals surface area contributed by atoms with E-state index in [1.807, 2.05) is 0 Å². The van der Waals surface area contributed by atoms with E-state index in [2.05, 4.69) is 0 Å². The Balaban J connectivity index is -0.0000000131. The molecule has 0 aliphatic carbocycles. The van der Waals surface area contributed by atoms with Crippen molar-refractivity contribution in [3.05, 3.63) is 0 Å². The Hall–Kier alpha value is 7.04. The zero-order chi connectivity index (χ0) is 64.6. The van der Waals surface area contributed by atoms with Gasteiger partial charge in [-0.3, -0.25) is 0 Å². The number of hydrogen-bond donors (Lipinski definition) is 0. The van der Waals surface area contributed by atoms with E-state index in [-0.39, 0.29) is 290 Å². The standard InChI is InChI=1S/5Al.5Li.8H3O4P.8O3Si.5Ti/c;;;;;;;;;;8*1-5(2,3)4;8*1-4(2)3;;;;;/h;;;;;;;;;;8*(H3,1,2,3,4);;;;;;;;;;;;;/q5*+3;5*+1;;;;;;;;;8*-2;5*+4/p-24. The van der Waals surface area contributed by atoms with Gasteiger partial charge in [0.15, 0.2) is 0 Å². The van der Waals surface area contributed by atoms with Crippen LogP contribution >= 0.6 is 62.6 Å². The van der Waals surface area contributed by atoms with Gasteiger partial charge in [-0.05, 0) is 0 Å². The maximum atomic E-state index is 8.55. The number of rotatable bonds is 0. The minimum atomic E-state index is -5.39. The van der Waals surface area contributed by atoms with Crippen LogP contribution in [0.4, 0.5) is 0 Å². The largest absolute Gasteiger partial charge is 4.00 e. The molecule has 87 heavy (non-hydrogen) atoms. The summed E-state index contributed by atoms with van der Waals surface area (Å²) >= 11 is 0. The molecule has 0 amide bonds. The first kappa shape index (κ1) is 205. The molecular weight excluding hydrogens is 1780 g/mol. The average molecular weight is 1780 g/mol. The predicted molar refractivity (Wildman–Crippen MR) is 141 cm³/mol. The van der Waals surface area contributed by atoms with E-state index in [0.717, 1.165) is 0 Å². The molecule has 0 unspecified atom stereocenters. The van der Waals surface area contributed by atoms with Crippen LogP contribution in [0.1, 0.15) is 0 Å². The maximum Gasteiger partial charge on any atom is 4.00 e. The Morgan fingerprint density at radius 1 is 0.149 bits per heavy atom. The van der Waals surface area contributed by atoms with Gasteiger partial charge < -0.3 is 266 Å². The molecule has 0 aromatic heterocycles. The van der Waals surface area contributed by atoms with Crippen molar-refractivity contribution in [2.24, 2.45) is 0 Å². The van der Waals surface area contributed by atoms with Gasteiger partial charge in [0.05, 0.1) is 0 Å². The maximum absolute atomic E-state index is 8.55. The summed E-state index contributed by atoms with van der Waals surface area (Å²) in [6, 6.07) is 0. The SMILES string of the molecule is O=P([O-])([O-])[O-].O=P([O-])([O-])[O-].O=P([O-])([O-])[O-].O=P([O-])([O-])[O-].O=P([O-])([O-])[O-].O=P([O-])([O-])[O-].O=P([O-])([O-])[O-].O=P([O-])([O-])[O-].O=[Si]([O-])[O-].O=[Si]([O-])[O-].O=[Si]([O-])[O-].O=[Si]([O-])[O-].O=[Si]([O-])[O-].O=[Si]([O-])[O-].O=[Si]([O-])[O-].O=[Si]([O-])[O-].[Al+3].[Al+3].[Al+3].[Al+3].[Al+3].[Li+].[Li+].[Li+].[Li+].[Li+].[Ti+4].[Ti+4].[Ti+4].[Ti+4].[Ti+4]. The molecule has 87 heteroatoms. The van der Waals surface area contributed by atoms with E-state index in [1.165, 1.54) is 0 Å². The van der Waals surface area contributed by atoms with Gasteiger partial charge in [0.25, 0.3) is 0 Å². The quantitative estimate of drug-likeness (QED) is 0.160. The van der Waals surface area contributed by atoms with Gasteiger partial charge >= 0.3 is 290 Å². The molecule has 0 aromatic carbocycles. The van der Waals surface area contributed by atoms with Gasteiger partial charge in [0.1, 0.15) is 0 Å². The van der Waals surface area contributed by atoms with Crippen LogP contribution in [0.2, 0.25) is 0 Å². The molecule has 0 aliphatic heterocycles. The molecule has 0 saturated heterocycles. The van der Waals surface area contributed by atoms with Gasteiger partial charge in [-0.2, -0.15) is 62.6 Å². The second-order valence-corrected chi connectivity index (χ2v) is 16.7. The minimum absolute atomic E-state index is 0. The summed E-state index contributed by atoms with van der Waals surface area (Å²) in [6.07, 6.45) is 0. The van der Waals surface area contributed by atoms with E-state index in [4.69, 9.17) is 266 Å². The summed E-state index contributed by atoms with van der Waals surface area (Å²) in [7, 11) is -72.1. The van der Waals surface area contributed by atoms with Crippen molar-refractivity contribution in [2.45, 2.75) is 0 Å². The molecule has 0 bridgehead atoms. The predicted octanol–water partition coefficient (Wildman–Crippen LogP) is -62.5. The molecule has 0 aromatic rings. The molecule has 0 rings (SSSR count). The Morgan fingerprint density at radius 3 is 0.149 bits per heavy atom. The van der Waals surface area contributed by atoms with Crippen LogP contribution in [-0.2, 0) is 181 Å². The van der Waals surface area contributed by atoms with E-state index < -0.39 is 136 Å². The van der Waals surface area contributed by atoms with Crippen LogP contribution in [0.3, 0.4) is 0 Å². The molecule has 0 radical (unpaired) electrons. The number of phosphoric acid groups is 8. The topological polar surface area (TPSA) is 1200 Å². The first-order chi connectivity index (χ1) is 29.9. The second kappa shape index (κ2) is 126. The Morgan fingerprint density at radius 2 is 0.149 bits per heavy atom. The molecule has 448 valence electrons. The molecule has 0 spiro atoms. The van der Waals surface area contributed by atoms with Gasteiger partial charge in [0, 0.05) is 73.4 Å². The minimum Gasteiger partial charge on any atom is -0.822 e. The van der Waals surface area contributed by atoms with Gasteiger partial charge in [-0.15, -0.1) is 0 Å². The average Bonchev–Trinajstić information content (AvgIpc) is 2.77. The molecule has 0 aliphatic rings. The van der Waals surface area contributed by atoms with E-state index in [9.17, 15) is 0 Å². The second-order valence-electron chi connectivity index (χ2n) is 5.58. The molecule has 0 saturated carbocycles. The summed E-state index contributed by atoms with van der Waals surface area (Å²) in [4.78, 5) is 341. The van der Waals surface area contributed by atoms with E-state index >= 15 is 0 Å². The summed E-state index contributed by atoms with van der Waals surface area (Å²) in [5, 5.41) is 0. The number of hydrogen-bond acceptors (Lipinski definition) is 56. The fraction of sp³-hybridized carbons (Fsp3) is 0. The third-order valence-electron chi connectivity index (χ3n) is 0. The van der Waals surface area contributed by atoms with Crippen molar-refractivity contribution in [1.29, 1.82) is 0 Å². The third-order valence-corrected chi connectivity index (χ3v) is 0. The van der Waals surface area contributed by atoms with Crippen LogP contribution in [0.5, 0.6) is 0 Å². The zero-order valence-corrected chi connectivity index (χ0v) is 69.6. The van der Waals surface area contributed by atoms with E-state index in [0.29, 0.717) is 0 Å². The Kier molecular flexibility index (Phi) is 297. The normalized spacial score (nSPS) is 7.63. The summed E-state index contributed by atoms with van der Waals surface area (Å²) in [5.41, 5.74) is 0. The van der Waals surface area contributed by atoms with Crippen LogP contribution in [0.15, 0.2) is 0 Å². The van der Waals surface area contributed by atoms with Crippen LogP contribution in [-0.4, -0.2) is 160 Å². The fourth-order valence-electron chi connectivity index (χ4n) is 0. The van der Waals surface area contributed by atoms with Crippen molar-refractivity contribution in [1.82, 2.24) is 0 Å². The fourth-order valence-corrected chi connectivity index (χ4v) is 0. The smallest absolute Gasteiger partial charge is 0.822 e. The van der Waals surface area contributed by atoms with Gasteiger partial charge in [-0.1, -0.05) is 0 Å². The summed E-state index contributed by atoms with van der Waals surface area (Å²) in [6.45, 7) is 0. The Bertz CT molecular complexity index is 1330. The van der Waals surface area contributed by atoms with Crippen LogP contribution < -0.4 is 288 Å². The molecule has 0 heterocycles. The molecule has 0 N–H and O–H groups in total. The van der Waals surface area contributed by atoms with Crippen LogP contribution in [0.25, 0.3) is 0 Å². The van der Waals surface area contributed by atoms with Crippen molar-refractivity contribution in [3.8, 4) is 0 Å². The van der Waals surface area contributed by atoms with Crippen molar-refractivity contribution < 1.29 is 469 Å². The third kappa shape index (κ3) is 15600. The summed E-state index contributed by atoms with van der Waals surface area (Å²) < 4.78 is 137. The monoisotopic (exact) mass is 1780 g/mol. The van der Waals surface area contributed by atoms with Crippen molar-refractivity contribution >= 4 is 223 Å². The molecule has 0 fully saturated rings. The Labute approximate surface area is 682 Å². The first-order valence-electron chi connectivity index (χ1n) is 10.7. The van der Waals surface area contributed by atoms with Gasteiger partial charge in [-0.25, -0.2) is 0 Å². The summed E-state index contributed by atoms with van der Waals surface area (Å²) in [5.74, 6) is 0. The van der Waals surface area contributed by atoms with Gasteiger partial charge in [0.2, 0.25) is 0 Å². The van der Waals surface area contributed by atoms with E-state index in [1.54, 1.807) is 0 Å². The molecule has 0 atom stereocenters. The molecular formula is Al5Li5O56P8Si8Ti5. The van der Waals surface area contributed by atoms with Crippen molar-refractivity contribution in [2.75, 3.05) is 0 Å².